The lowest BCUT2D eigenvalue weighted by Gasteiger charge is -2.42. The normalized spacial score (nSPS) is 35.4. The van der Waals surface area contributed by atoms with E-state index in [1.54, 1.807) is 0 Å². The highest BCUT2D eigenvalue weighted by Gasteiger charge is 2.50. The molecule has 0 bridgehead atoms. The summed E-state index contributed by atoms with van der Waals surface area (Å²) in [6.07, 6.45) is -2.74. The van der Waals surface area contributed by atoms with Crippen LogP contribution in [0.1, 0.15) is 25.7 Å². The molecule has 0 spiro atoms. The van der Waals surface area contributed by atoms with Crippen LogP contribution < -0.4 is 5.73 Å². The Morgan fingerprint density at radius 2 is 2.00 bits per heavy atom. The van der Waals surface area contributed by atoms with Crippen molar-refractivity contribution < 1.29 is 18.0 Å². The molecule has 1 amide bonds. The lowest BCUT2D eigenvalue weighted by Crippen LogP contribution is -2.57. The second-order valence-corrected chi connectivity index (χ2v) is 5.74. The number of hydrogen-bond donors (Lipinski definition) is 1. The molecular weight excluding hydrogens is 253 g/mol. The molecule has 2 fully saturated rings. The van der Waals surface area contributed by atoms with E-state index >= 15 is 0 Å². The van der Waals surface area contributed by atoms with Crippen LogP contribution in [0.25, 0.3) is 0 Å². The van der Waals surface area contributed by atoms with Crippen molar-refractivity contribution in [3.63, 3.8) is 0 Å². The zero-order valence-corrected chi connectivity index (χ0v) is 10.1. The first-order valence-electron chi connectivity index (χ1n) is 5.67. The summed E-state index contributed by atoms with van der Waals surface area (Å²) in [5.74, 6) is 0.112. The standard InChI is InChI=1S/C10H15F3N2OS/c11-10(12,13)7-2-1-3-8-15(7)9(16)6(14)4-5-17-8/h6-8H,1-5,14H2/t6?,7?,8-/m0/s1. The van der Waals surface area contributed by atoms with Crippen LogP contribution in [-0.2, 0) is 4.79 Å². The summed E-state index contributed by atoms with van der Waals surface area (Å²) in [5, 5.41) is -0.351. The average Bonchev–Trinajstić information content (AvgIpc) is 2.39. The minimum atomic E-state index is -4.35. The van der Waals surface area contributed by atoms with Crippen LogP contribution in [0.2, 0.25) is 0 Å². The van der Waals surface area contributed by atoms with Gasteiger partial charge in [0.15, 0.2) is 0 Å². The molecule has 3 nitrogen and oxygen atoms in total. The van der Waals surface area contributed by atoms with Gasteiger partial charge in [-0.05, 0) is 31.4 Å². The maximum absolute atomic E-state index is 12.9. The largest absolute Gasteiger partial charge is 0.408 e. The van der Waals surface area contributed by atoms with E-state index in [1.165, 1.54) is 11.8 Å². The highest BCUT2D eigenvalue weighted by molar-refractivity contribution is 7.99. The van der Waals surface area contributed by atoms with Crippen molar-refractivity contribution in [1.82, 2.24) is 4.90 Å². The van der Waals surface area contributed by atoms with E-state index in [1.807, 2.05) is 0 Å². The Morgan fingerprint density at radius 3 is 2.65 bits per heavy atom. The smallest absolute Gasteiger partial charge is 0.320 e. The molecule has 7 heteroatoms. The molecule has 2 aliphatic rings. The Balaban J connectivity index is 2.27. The number of nitrogens with zero attached hydrogens (tertiary/aromatic N) is 1. The van der Waals surface area contributed by atoms with E-state index in [-0.39, 0.29) is 11.8 Å². The molecule has 2 aliphatic heterocycles. The number of rotatable bonds is 0. The van der Waals surface area contributed by atoms with E-state index in [9.17, 15) is 18.0 Å². The van der Waals surface area contributed by atoms with Gasteiger partial charge in [-0.25, -0.2) is 0 Å². The molecule has 17 heavy (non-hydrogen) atoms. The summed E-state index contributed by atoms with van der Waals surface area (Å²) in [6, 6.07) is -2.43. The highest BCUT2D eigenvalue weighted by Crippen LogP contribution is 2.39. The maximum Gasteiger partial charge on any atom is 0.408 e. The number of carbonyl (C=O) groups excluding carboxylic acids is 1. The van der Waals surface area contributed by atoms with Crippen molar-refractivity contribution in [2.45, 2.75) is 49.3 Å². The average molecular weight is 268 g/mol. The summed E-state index contributed by atoms with van der Waals surface area (Å²) in [7, 11) is 0. The Bertz CT molecular complexity index is 310. The summed E-state index contributed by atoms with van der Waals surface area (Å²) < 4.78 is 38.7. The number of carbonyl (C=O) groups is 1. The molecule has 2 saturated heterocycles. The van der Waals surface area contributed by atoms with Crippen molar-refractivity contribution in [2.24, 2.45) is 5.73 Å². The molecule has 3 atom stereocenters. The number of hydrogen-bond acceptors (Lipinski definition) is 3. The fourth-order valence-corrected chi connectivity index (χ4v) is 3.80. The summed E-state index contributed by atoms with van der Waals surface area (Å²) >= 11 is 1.42. The van der Waals surface area contributed by atoms with Gasteiger partial charge in [0.2, 0.25) is 5.91 Å². The van der Waals surface area contributed by atoms with Crippen LogP contribution in [0.5, 0.6) is 0 Å². The van der Waals surface area contributed by atoms with Crippen LogP contribution in [0, 0.1) is 0 Å². The van der Waals surface area contributed by atoms with Crippen molar-refractivity contribution in [2.75, 3.05) is 5.75 Å². The Labute approximate surface area is 102 Å². The minimum Gasteiger partial charge on any atom is -0.320 e. The summed E-state index contributed by atoms with van der Waals surface area (Å²) in [6.45, 7) is 0. The third kappa shape index (κ3) is 2.54. The quantitative estimate of drug-likeness (QED) is 0.727. The van der Waals surface area contributed by atoms with Gasteiger partial charge in [0.25, 0.3) is 0 Å². The number of thioether (sulfide) groups is 1. The second kappa shape index (κ2) is 4.68. The fourth-order valence-electron chi connectivity index (χ4n) is 2.39. The molecule has 98 valence electrons. The summed E-state index contributed by atoms with van der Waals surface area (Å²) in [4.78, 5) is 12.9. The molecule has 2 heterocycles. The number of nitrogens with two attached hydrogens (primary N) is 1. The predicted octanol–water partition coefficient (Wildman–Crippen LogP) is 1.72. The van der Waals surface area contributed by atoms with Gasteiger partial charge in [-0.2, -0.15) is 13.2 Å². The van der Waals surface area contributed by atoms with Crippen molar-refractivity contribution in [3.05, 3.63) is 0 Å². The second-order valence-electron chi connectivity index (χ2n) is 4.45. The van der Waals surface area contributed by atoms with Crippen LogP contribution in [0.15, 0.2) is 0 Å². The fraction of sp³-hybridized carbons (Fsp3) is 0.900. The zero-order valence-electron chi connectivity index (χ0n) is 9.24. The zero-order chi connectivity index (χ0) is 12.6. The first-order valence-corrected chi connectivity index (χ1v) is 6.72. The van der Waals surface area contributed by atoms with Gasteiger partial charge in [0.05, 0.1) is 11.4 Å². The molecule has 0 saturated carbocycles. The molecule has 2 unspecified atom stereocenters. The summed E-state index contributed by atoms with van der Waals surface area (Å²) in [5.41, 5.74) is 5.62. The molecule has 0 aromatic heterocycles. The number of piperidine rings is 1. The lowest BCUT2D eigenvalue weighted by molar-refractivity contribution is -0.198. The number of amides is 1. The Morgan fingerprint density at radius 1 is 1.29 bits per heavy atom. The van der Waals surface area contributed by atoms with Crippen molar-refractivity contribution >= 4 is 17.7 Å². The lowest BCUT2D eigenvalue weighted by atomic mass is 10.00. The highest BCUT2D eigenvalue weighted by atomic mass is 32.2. The van der Waals surface area contributed by atoms with E-state index in [0.29, 0.717) is 25.0 Å². The molecule has 0 aromatic rings. The number of fused-ring (bicyclic) bond motifs is 1. The van der Waals surface area contributed by atoms with Gasteiger partial charge in [-0.3, -0.25) is 4.79 Å². The predicted molar refractivity (Wildman–Crippen MR) is 59.4 cm³/mol. The van der Waals surface area contributed by atoms with Crippen LogP contribution in [0.3, 0.4) is 0 Å². The van der Waals surface area contributed by atoms with Crippen LogP contribution in [0.4, 0.5) is 13.2 Å². The molecule has 0 radical (unpaired) electrons. The van der Waals surface area contributed by atoms with Gasteiger partial charge in [0.1, 0.15) is 6.04 Å². The van der Waals surface area contributed by atoms with Crippen LogP contribution in [-0.4, -0.2) is 40.2 Å². The van der Waals surface area contributed by atoms with Gasteiger partial charge in [0, 0.05) is 0 Å². The van der Waals surface area contributed by atoms with E-state index in [0.717, 1.165) is 4.90 Å². The molecular formula is C10H15F3N2OS. The van der Waals surface area contributed by atoms with Crippen LogP contribution >= 0.6 is 11.8 Å². The van der Waals surface area contributed by atoms with E-state index in [2.05, 4.69) is 0 Å². The SMILES string of the molecule is NC1CCS[C@H]2CCCC(C(F)(F)F)N2C1=O. The van der Waals surface area contributed by atoms with Gasteiger partial charge >= 0.3 is 6.18 Å². The minimum absolute atomic E-state index is 0.000972. The first kappa shape index (κ1) is 13.0. The van der Waals surface area contributed by atoms with Crippen molar-refractivity contribution in [3.8, 4) is 0 Å². The maximum atomic E-state index is 12.9. The molecule has 2 rings (SSSR count). The van der Waals surface area contributed by atoms with E-state index in [4.69, 9.17) is 5.73 Å². The number of halogens is 3. The third-order valence-electron chi connectivity index (χ3n) is 3.26. The van der Waals surface area contributed by atoms with Gasteiger partial charge < -0.3 is 10.6 Å². The first-order chi connectivity index (χ1) is 7.91. The monoisotopic (exact) mass is 268 g/mol. The topological polar surface area (TPSA) is 46.3 Å². The molecule has 0 aliphatic carbocycles. The molecule has 2 N–H and O–H groups in total. The Kier molecular flexibility index (Phi) is 3.58. The van der Waals surface area contributed by atoms with Gasteiger partial charge in [-0.1, -0.05) is 0 Å². The third-order valence-corrected chi connectivity index (χ3v) is 4.58. The molecule has 0 aromatic carbocycles. The number of alkyl halides is 3. The van der Waals surface area contributed by atoms with E-state index < -0.39 is 24.2 Å². The van der Waals surface area contributed by atoms with Gasteiger partial charge in [-0.15, -0.1) is 11.8 Å². The van der Waals surface area contributed by atoms with Crippen molar-refractivity contribution in [1.29, 1.82) is 0 Å². The Hall–Kier alpha value is -0.430.